The van der Waals surface area contributed by atoms with Crippen LogP contribution in [-0.2, 0) is 4.79 Å². The summed E-state index contributed by atoms with van der Waals surface area (Å²) < 4.78 is 5.56. The lowest BCUT2D eigenvalue weighted by Gasteiger charge is -2.30. The molecule has 30 heavy (non-hydrogen) atoms. The van der Waals surface area contributed by atoms with Crippen LogP contribution in [0.15, 0.2) is 66.7 Å². The van der Waals surface area contributed by atoms with Crippen LogP contribution in [0.4, 0.5) is 5.82 Å². The molecule has 1 unspecified atom stereocenters. The molecule has 4 rings (SSSR count). The zero-order valence-electron chi connectivity index (χ0n) is 17.0. The Balaban J connectivity index is 1.58. The minimum absolute atomic E-state index is 0.0658. The molecule has 1 aliphatic rings. The first-order chi connectivity index (χ1) is 14.6. The van der Waals surface area contributed by atoms with E-state index in [9.17, 15) is 9.59 Å². The van der Waals surface area contributed by atoms with Gasteiger partial charge in [0.25, 0.3) is 5.91 Å². The van der Waals surface area contributed by atoms with E-state index < -0.39 is 5.92 Å². The molecule has 1 aliphatic heterocycles. The molecular weight excluding hydrogens is 378 g/mol. The molecule has 0 saturated carbocycles. The molecule has 6 nitrogen and oxygen atoms in total. The number of carbonyl (C=O) groups is 2. The summed E-state index contributed by atoms with van der Waals surface area (Å²) in [6.07, 6.45) is 0. The number of aromatic nitrogens is 1. The van der Waals surface area contributed by atoms with Crippen LogP contribution in [0, 0.1) is 0 Å². The van der Waals surface area contributed by atoms with Crippen molar-refractivity contribution in [2.75, 3.05) is 25.5 Å². The summed E-state index contributed by atoms with van der Waals surface area (Å²) in [7, 11) is 1.71. The number of amides is 2. The maximum absolute atomic E-state index is 13.1. The smallest absolute Gasteiger partial charge is 0.253 e. The number of anilines is 1. The second-order valence-electron chi connectivity index (χ2n) is 7.18. The monoisotopic (exact) mass is 401 g/mol. The number of benzene rings is 2. The van der Waals surface area contributed by atoms with E-state index in [2.05, 4.69) is 10.3 Å². The van der Waals surface area contributed by atoms with Crippen LogP contribution in [0.2, 0.25) is 0 Å². The normalized spacial score (nSPS) is 15.5. The Morgan fingerprint density at radius 1 is 1.13 bits per heavy atom. The molecule has 0 bridgehead atoms. The molecule has 152 valence electrons. The maximum atomic E-state index is 13.1. The van der Waals surface area contributed by atoms with Crippen LogP contribution in [0.3, 0.4) is 0 Å². The van der Waals surface area contributed by atoms with E-state index in [4.69, 9.17) is 4.74 Å². The van der Waals surface area contributed by atoms with Crippen LogP contribution in [0.5, 0.6) is 5.75 Å². The minimum atomic E-state index is -0.448. The molecule has 0 radical (unpaired) electrons. The molecule has 2 heterocycles. The van der Waals surface area contributed by atoms with Crippen LogP contribution >= 0.6 is 0 Å². The number of nitrogens with one attached hydrogen (secondary N) is 1. The molecule has 0 saturated heterocycles. The Morgan fingerprint density at radius 2 is 1.93 bits per heavy atom. The molecule has 2 aromatic carbocycles. The first kappa shape index (κ1) is 19.6. The van der Waals surface area contributed by atoms with Gasteiger partial charge >= 0.3 is 0 Å². The Labute approximate surface area is 175 Å². The van der Waals surface area contributed by atoms with Crippen molar-refractivity contribution < 1.29 is 14.3 Å². The second-order valence-corrected chi connectivity index (χ2v) is 7.18. The SMILES string of the molecule is CCOc1cccc(-c2cccc(NC(=O)C3CN(C)C(=O)c4ccccc43)n2)c1. The molecule has 1 atom stereocenters. The van der Waals surface area contributed by atoms with E-state index in [-0.39, 0.29) is 11.8 Å². The lowest BCUT2D eigenvalue weighted by Crippen LogP contribution is -2.41. The number of rotatable bonds is 5. The lowest BCUT2D eigenvalue weighted by atomic mass is 9.89. The fourth-order valence-electron chi connectivity index (χ4n) is 3.67. The summed E-state index contributed by atoms with van der Waals surface area (Å²) in [5.41, 5.74) is 2.97. The number of fused-ring (bicyclic) bond motifs is 1. The van der Waals surface area contributed by atoms with Gasteiger partial charge in [-0.15, -0.1) is 0 Å². The predicted molar refractivity (Wildman–Crippen MR) is 116 cm³/mol. The van der Waals surface area contributed by atoms with Gasteiger partial charge in [-0.2, -0.15) is 0 Å². The van der Waals surface area contributed by atoms with Crippen molar-refractivity contribution in [3.05, 3.63) is 77.9 Å². The third-order valence-electron chi connectivity index (χ3n) is 5.13. The Morgan fingerprint density at radius 3 is 2.77 bits per heavy atom. The summed E-state index contributed by atoms with van der Waals surface area (Å²) >= 11 is 0. The molecule has 3 aromatic rings. The van der Waals surface area contributed by atoms with E-state index in [1.165, 1.54) is 0 Å². The van der Waals surface area contributed by atoms with Gasteiger partial charge in [0, 0.05) is 24.7 Å². The average Bonchev–Trinajstić information content (AvgIpc) is 2.77. The van der Waals surface area contributed by atoms with Gasteiger partial charge < -0.3 is 15.0 Å². The molecule has 1 N–H and O–H groups in total. The van der Waals surface area contributed by atoms with Gasteiger partial charge in [-0.05, 0) is 42.8 Å². The van der Waals surface area contributed by atoms with Crippen LogP contribution in [-0.4, -0.2) is 41.9 Å². The molecular formula is C24H23N3O3. The lowest BCUT2D eigenvalue weighted by molar-refractivity contribution is -0.118. The van der Waals surface area contributed by atoms with Gasteiger partial charge in [0.1, 0.15) is 11.6 Å². The van der Waals surface area contributed by atoms with E-state index in [0.29, 0.717) is 24.5 Å². The van der Waals surface area contributed by atoms with Gasteiger partial charge in [-0.25, -0.2) is 4.98 Å². The summed E-state index contributed by atoms with van der Waals surface area (Å²) in [5.74, 6) is 0.545. The van der Waals surface area contributed by atoms with E-state index >= 15 is 0 Å². The highest BCUT2D eigenvalue weighted by molar-refractivity contribution is 6.03. The molecule has 6 heteroatoms. The number of pyridine rings is 1. The highest BCUT2D eigenvalue weighted by Crippen LogP contribution is 2.29. The molecule has 0 fully saturated rings. The number of carbonyl (C=O) groups excluding carboxylic acids is 2. The van der Waals surface area contributed by atoms with Crippen molar-refractivity contribution in [1.29, 1.82) is 0 Å². The summed E-state index contributed by atoms with van der Waals surface area (Å²) in [5, 5.41) is 2.92. The fourth-order valence-corrected chi connectivity index (χ4v) is 3.67. The number of ether oxygens (including phenoxy) is 1. The summed E-state index contributed by atoms with van der Waals surface area (Å²) in [4.78, 5) is 31.6. The van der Waals surface area contributed by atoms with Crippen LogP contribution < -0.4 is 10.1 Å². The molecule has 2 amide bonds. The van der Waals surface area contributed by atoms with Crippen molar-refractivity contribution >= 4 is 17.6 Å². The average molecular weight is 401 g/mol. The maximum Gasteiger partial charge on any atom is 0.253 e. The molecule has 0 spiro atoms. The number of likely N-dealkylation sites (N-methyl/N-ethyl adjacent to an activating group) is 1. The first-order valence-corrected chi connectivity index (χ1v) is 9.92. The summed E-state index contributed by atoms with van der Waals surface area (Å²) in [6, 6.07) is 20.5. The quantitative estimate of drug-likeness (QED) is 0.703. The third kappa shape index (κ3) is 3.89. The first-order valence-electron chi connectivity index (χ1n) is 9.92. The van der Waals surface area contributed by atoms with Gasteiger partial charge in [0.2, 0.25) is 5.91 Å². The second kappa shape index (κ2) is 8.37. The largest absolute Gasteiger partial charge is 0.494 e. The van der Waals surface area contributed by atoms with Gasteiger partial charge in [-0.1, -0.05) is 36.4 Å². The van der Waals surface area contributed by atoms with E-state index in [0.717, 1.165) is 22.6 Å². The van der Waals surface area contributed by atoms with E-state index in [1.807, 2.05) is 61.5 Å². The van der Waals surface area contributed by atoms with Crippen LogP contribution in [0.1, 0.15) is 28.8 Å². The predicted octanol–water partition coefficient (Wildman–Crippen LogP) is 3.96. The van der Waals surface area contributed by atoms with Crippen molar-refractivity contribution in [1.82, 2.24) is 9.88 Å². The fraction of sp³-hybridized carbons (Fsp3) is 0.208. The van der Waals surface area contributed by atoms with Crippen molar-refractivity contribution in [3.63, 3.8) is 0 Å². The van der Waals surface area contributed by atoms with Gasteiger partial charge in [-0.3, -0.25) is 9.59 Å². The van der Waals surface area contributed by atoms with Crippen molar-refractivity contribution in [2.45, 2.75) is 12.8 Å². The highest BCUT2D eigenvalue weighted by atomic mass is 16.5. The van der Waals surface area contributed by atoms with E-state index in [1.54, 1.807) is 24.1 Å². The number of hydrogen-bond acceptors (Lipinski definition) is 4. The third-order valence-corrected chi connectivity index (χ3v) is 5.13. The number of nitrogens with zero attached hydrogens (tertiary/aromatic N) is 2. The topological polar surface area (TPSA) is 71.5 Å². The van der Waals surface area contributed by atoms with Crippen LogP contribution in [0.25, 0.3) is 11.3 Å². The summed E-state index contributed by atoms with van der Waals surface area (Å²) in [6.45, 7) is 2.86. The van der Waals surface area contributed by atoms with Gasteiger partial charge in [0.15, 0.2) is 0 Å². The van der Waals surface area contributed by atoms with Crippen molar-refractivity contribution in [2.24, 2.45) is 0 Å². The molecule has 0 aliphatic carbocycles. The standard InChI is InChI=1S/C24H23N3O3/c1-3-30-17-9-6-8-16(14-17)21-12-7-13-22(25-21)26-23(28)20-15-27(2)24(29)19-11-5-4-10-18(19)20/h4-14,20H,3,15H2,1-2H3,(H,25,26,28). The Kier molecular flexibility index (Phi) is 5.48. The molecule has 1 aromatic heterocycles. The van der Waals surface area contributed by atoms with Crippen molar-refractivity contribution in [3.8, 4) is 17.0 Å². The Hall–Kier alpha value is -3.67. The zero-order valence-corrected chi connectivity index (χ0v) is 17.0. The Bertz CT molecular complexity index is 1100. The minimum Gasteiger partial charge on any atom is -0.494 e. The van der Waals surface area contributed by atoms with Gasteiger partial charge in [0.05, 0.1) is 18.2 Å². The highest BCUT2D eigenvalue weighted by Gasteiger charge is 2.33. The number of hydrogen-bond donors (Lipinski definition) is 1. The zero-order chi connectivity index (χ0) is 21.1.